The summed E-state index contributed by atoms with van der Waals surface area (Å²) in [6.45, 7) is 6.09. The van der Waals surface area contributed by atoms with E-state index in [1.807, 2.05) is 0 Å². The van der Waals surface area contributed by atoms with Crippen LogP contribution >= 0.6 is 11.6 Å². The maximum absolute atomic E-state index is 13.1. The molecule has 0 radical (unpaired) electrons. The Kier molecular flexibility index (Phi) is 5.57. The van der Waals surface area contributed by atoms with Crippen LogP contribution in [0.5, 0.6) is 0 Å². The molecule has 3 aliphatic heterocycles. The second-order valence-corrected chi connectivity index (χ2v) is 9.95. The number of likely N-dealkylation sites (N-methyl/N-ethyl adjacent to an activating group) is 1. The molecule has 0 N–H and O–H groups in total. The normalized spacial score (nSPS) is 28.6. The van der Waals surface area contributed by atoms with E-state index >= 15 is 0 Å². The zero-order chi connectivity index (χ0) is 19.9. The summed E-state index contributed by atoms with van der Waals surface area (Å²) in [6.07, 6.45) is 1.40. The van der Waals surface area contributed by atoms with Gasteiger partial charge in [0, 0.05) is 43.7 Å². The molecule has 9 heteroatoms. The van der Waals surface area contributed by atoms with Crippen molar-refractivity contribution in [2.24, 2.45) is 0 Å². The molecule has 2 unspecified atom stereocenters. The molecule has 3 saturated heterocycles. The van der Waals surface area contributed by atoms with Crippen LogP contribution in [-0.4, -0.2) is 79.5 Å². The average Bonchev–Trinajstić information content (AvgIpc) is 3.27. The molecular weight excluding hydrogens is 402 g/mol. The number of ether oxygens (including phenoxy) is 1. The van der Waals surface area contributed by atoms with Crippen LogP contribution in [0.1, 0.15) is 26.2 Å². The fourth-order valence-electron chi connectivity index (χ4n) is 4.57. The number of carbonyl (C=O) groups excluding carboxylic acids is 1. The van der Waals surface area contributed by atoms with Gasteiger partial charge in [-0.05, 0) is 43.7 Å². The summed E-state index contributed by atoms with van der Waals surface area (Å²) in [5, 5.41) is 0.498. The Hall–Kier alpha value is -1.35. The van der Waals surface area contributed by atoms with Crippen LogP contribution in [0, 0.1) is 0 Å². The zero-order valence-corrected chi connectivity index (χ0v) is 17.5. The van der Waals surface area contributed by atoms with Crippen molar-refractivity contribution in [3.8, 4) is 0 Å². The number of hydrogen-bond donors (Lipinski definition) is 0. The number of sulfonamides is 1. The van der Waals surface area contributed by atoms with E-state index in [2.05, 4.69) is 11.8 Å². The smallest absolute Gasteiger partial charge is 0.410 e. The Morgan fingerprint density at radius 1 is 1.14 bits per heavy atom. The lowest BCUT2D eigenvalue weighted by Crippen LogP contribution is -2.50. The van der Waals surface area contributed by atoms with E-state index < -0.39 is 10.0 Å². The lowest BCUT2D eigenvalue weighted by Gasteiger charge is -2.34. The third kappa shape index (κ3) is 3.63. The fraction of sp³-hybridized carbons (Fsp3) is 0.632. The van der Waals surface area contributed by atoms with E-state index in [0.717, 1.165) is 32.5 Å². The summed E-state index contributed by atoms with van der Waals surface area (Å²) in [7, 11) is -3.63. The van der Waals surface area contributed by atoms with E-state index in [-0.39, 0.29) is 29.2 Å². The molecule has 0 saturated carbocycles. The van der Waals surface area contributed by atoms with Crippen molar-refractivity contribution < 1.29 is 17.9 Å². The van der Waals surface area contributed by atoms with Crippen LogP contribution in [0.2, 0.25) is 5.02 Å². The van der Waals surface area contributed by atoms with E-state index in [0.29, 0.717) is 24.5 Å². The quantitative estimate of drug-likeness (QED) is 0.738. The van der Waals surface area contributed by atoms with Crippen LogP contribution in [0.4, 0.5) is 4.79 Å². The maximum atomic E-state index is 13.1. The maximum Gasteiger partial charge on any atom is 0.410 e. The number of fused-ring (bicyclic) bond motifs is 2. The van der Waals surface area contributed by atoms with Crippen LogP contribution in [-0.2, 0) is 14.8 Å². The van der Waals surface area contributed by atoms with Gasteiger partial charge in [-0.15, -0.1) is 0 Å². The summed E-state index contributed by atoms with van der Waals surface area (Å²) < 4.78 is 33.6. The first kappa shape index (κ1) is 19.9. The molecule has 1 aromatic carbocycles. The predicted octanol–water partition coefficient (Wildman–Crippen LogP) is 2.41. The summed E-state index contributed by atoms with van der Waals surface area (Å²) in [4.78, 5) is 16.9. The number of carbonyl (C=O) groups is 1. The van der Waals surface area contributed by atoms with Crippen LogP contribution < -0.4 is 0 Å². The molecular formula is C19H26ClN3O4S. The van der Waals surface area contributed by atoms with Gasteiger partial charge in [-0.1, -0.05) is 18.5 Å². The van der Waals surface area contributed by atoms with Crippen LogP contribution in [0.15, 0.2) is 29.2 Å². The molecule has 3 fully saturated rings. The van der Waals surface area contributed by atoms with Crippen molar-refractivity contribution in [1.29, 1.82) is 0 Å². The Bertz CT molecular complexity index is 824. The summed E-state index contributed by atoms with van der Waals surface area (Å²) in [5.41, 5.74) is 0. The molecule has 0 spiro atoms. The van der Waals surface area contributed by atoms with Gasteiger partial charge in [-0.2, -0.15) is 4.31 Å². The molecule has 28 heavy (non-hydrogen) atoms. The molecule has 1 aromatic rings. The lowest BCUT2D eigenvalue weighted by atomic mass is 9.98. The minimum absolute atomic E-state index is 0.111. The number of benzene rings is 1. The molecule has 2 bridgehead atoms. The molecule has 3 heterocycles. The van der Waals surface area contributed by atoms with Gasteiger partial charge in [-0.3, -0.25) is 0 Å². The van der Waals surface area contributed by atoms with Crippen LogP contribution in [0.3, 0.4) is 0 Å². The van der Waals surface area contributed by atoms with Gasteiger partial charge >= 0.3 is 6.09 Å². The van der Waals surface area contributed by atoms with Gasteiger partial charge in [0.05, 0.1) is 10.9 Å². The third-order valence-electron chi connectivity index (χ3n) is 6.13. The van der Waals surface area contributed by atoms with E-state index in [9.17, 15) is 13.2 Å². The number of nitrogens with zero attached hydrogens (tertiary/aromatic N) is 3. The van der Waals surface area contributed by atoms with Crippen molar-refractivity contribution in [2.75, 3.05) is 32.7 Å². The van der Waals surface area contributed by atoms with Gasteiger partial charge < -0.3 is 14.5 Å². The molecule has 0 aliphatic carbocycles. The lowest BCUT2D eigenvalue weighted by molar-refractivity contribution is 0.0357. The van der Waals surface area contributed by atoms with Crippen molar-refractivity contribution in [2.45, 2.75) is 49.3 Å². The second-order valence-electron chi connectivity index (χ2n) is 7.67. The number of halogens is 1. The molecule has 1 amide bonds. The SMILES string of the molecule is CCN1CCN(C(=O)OC2C[C@H]3CCC2N3S(=O)(=O)c2ccc(Cl)cc2)CC1. The molecule has 4 rings (SSSR count). The van der Waals surface area contributed by atoms with Gasteiger partial charge in [-0.25, -0.2) is 13.2 Å². The van der Waals surface area contributed by atoms with Crippen LogP contribution in [0.25, 0.3) is 0 Å². The van der Waals surface area contributed by atoms with Gasteiger partial charge in [0.15, 0.2) is 0 Å². The first-order valence-electron chi connectivity index (χ1n) is 9.87. The first-order valence-corrected chi connectivity index (χ1v) is 11.7. The Balaban J connectivity index is 1.43. The molecule has 3 atom stereocenters. The van der Waals surface area contributed by atoms with Crippen molar-refractivity contribution in [1.82, 2.24) is 14.1 Å². The average molecular weight is 428 g/mol. The van der Waals surface area contributed by atoms with E-state index in [4.69, 9.17) is 16.3 Å². The number of piperazine rings is 1. The first-order chi connectivity index (χ1) is 13.4. The predicted molar refractivity (Wildman–Crippen MR) is 106 cm³/mol. The molecule has 0 aromatic heterocycles. The molecule has 154 valence electrons. The van der Waals surface area contributed by atoms with E-state index in [1.54, 1.807) is 21.3 Å². The summed E-state index contributed by atoms with van der Waals surface area (Å²) >= 11 is 5.89. The fourth-order valence-corrected chi connectivity index (χ4v) is 6.60. The minimum atomic E-state index is -3.63. The Morgan fingerprint density at radius 3 is 2.46 bits per heavy atom. The highest BCUT2D eigenvalue weighted by molar-refractivity contribution is 7.89. The topological polar surface area (TPSA) is 70.2 Å². The zero-order valence-electron chi connectivity index (χ0n) is 16.0. The summed E-state index contributed by atoms with van der Waals surface area (Å²) in [6, 6.07) is 5.83. The van der Waals surface area contributed by atoms with Gasteiger partial charge in [0.1, 0.15) is 6.10 Å². The highest BCUT2D eigenvalue weighted by Gasteiger charge is 2.53. The van der Waals surface area contributed by atoms with Crippen molar-refractivity contribution in [3.63, 3.8) is 0 Å². The molecule has 7 nitrogen and oxygen atoms in total. The number of rotatable bonds is 4. The molecule has 3 aliphatic rings. The second kappa shape index (κ2) is 7.82. The largest absolute Gasteiger partial charge is 0.444 e. The third-order valence-corrected chi connectivity index (χ3v) is 8.38. The number of amides is 1. The monoisotopic (exact) mass is 427 g/mol. The Labute approximate surface area is 171 Å². The van der Waals surface area contributed by atoms with Crippen molar-refractivity contribution >= 4 is 27.7 Å². The highest BCUT2D eigenvalue weighted by Crippen LogP contribution is 2.43. The summed E-state index contributed by atoms with van der Waals surface area (Å²) in [5.74, 6) is 0. The van der Waals surface area contributed by atoms with Gasteiger partial charge in [0.2, 0.25) is 10.0 Å². The minimum Gasteiger partial charge on any atom is -0.444 e. The van der Waals surface area contributed by atoms with E-state index in [1.165, 1.54) is 12.1 Å². The highest BCUT2D eigenvalue weighted by atomic mass is 35.5. The number of hydrogen-bond acceptors (Lipinski definition) is 5. The Morgan fingerprint density at radius 2 is 1.82 bits per heavy atom. The standard InChI is InChI=1S/C19H26ClN3O4S/c1-2-21-9-11-22(12-10-21)19(24)27-18-13-15-5-8-17(18)23(15)28(25,26)16-6-3-14(20)4-7-16/h3-4,6-7,15,17-18H,2,5,8-13H2,1H3/t15-,17?,18?/m1/s1. The van der Waals surface area contributed by atoms with Crippen molar-refractivity contribution in [3.05, 3.63) is 29.3 Å². The van der Waals surface area contributed by atoms with Gasteiger partial charge in [0.25, 0.3) is 0 Å².